The van der Waals surface area contributed by atoms with Gasteiger partial charge < -0.3 is 14.8 Å². The van der Waals surface area contributed by atoms with Crippen molar-refractivity contribution in [1.82, 2.24) is 0 Å². The Balaban J connectivity index is 1.00. The molecule has 13 unspecified atom stereocenters. The van der Waals surface area contributed by atoms with Crippen LogP contribution in [0.3, 0.4) is 0 Å². The molecule has 7 aliphatic rings. The van der Waals surface area contributed by atoms with Crippen molar-refractivity contribution in [3.05, 3.63) is 66.9 Å². The van der Waals surface area contributed by atoms with E-state index in [-0.39, 0.29) is 12.2 Å². The first-order valence-corrected chi connectivity index (χ1v) is 19.3. The summed E-state index contributed by atoms with van der Waals surface area (Å²) in [4.78, 5) is 0. The molecule has 1 saturated heterocycles. The minimum Gasteiger partial charge on any atom is -0.370 e. The summed E-state index contributed by atoms with van der Waals surface area (Å²) in [6.07, 6.45) is 30.9. The van der Waals surface area contributed by atoms with Crippen molar-refractivity contribution in [2.45, 2.75) is 139 Å². The Hall–Kier alpha value is -1.84. The van der Waals surface area contributed by atoms with Crippen molar-refractivity contribution in [2.24, 2.45) is 47.3 Å². The first-order valence-electron chi connectivity index (χ1n) is 19.3. The molecule has 13 atom stereocenters. The highest BCUT2D eigenvalue weighted by Gasteiger charge is 2.56. The minimum absolute atomic E-state index is 0.240. The molecule has 1 heterocycles. The molecule has 6 aliphatic carbocycles. The lowest BCUT2D eigenvalue weighted by Crippen LogP contribution is -2.58. The summed E-state index contributed by atoms with van der Waals surface area (Å²) in [7, 11) is 0. The van der Waals surface area contributed by atoms with E-state index in [1.54, 1.807) is 18.9 Å². The van der Waals surface area contributed by atoms with Gasteiger partial charge in [-0.2, -0.15) is 0 Å². The molecule has 8 rings (SSSR count). The summed E-state index contributed by atoms with van der Waals surface area (Å²) < 4.78 is 14.4. The van der Waals surface area contributed by atoms with Gasteiger partial charge in [-0.15, -0.1) is 0 Å². The van der Waals surface area contributed by atoms with Crippen LogP contribution in [0, 0.1) is 47.3 Å². The zero-order chi connectivity index (χ0) is 30.3. The number of ether oxygens (including phenoxy) is 2. The van der Waals surface area contributed by atoms with Crippen molar-refractivity contribution in [2.75, 3.05) is 5.32 Å². The predicted octanol–water partition coefficient (Wildman–Crippen LogP) is 10.6. The van der Waals surface area contributed by atoms with E-state index in [1.165, 1.54) is 89.0 Å². The number of nitrogens with one attached hydrogen (secondary N) is 1. The molecule has 0 aromatic heterocycles. The van der Waals surface area contributed by atoms with Crippen LogP contribution in [-0.2, 0) is 9.47 Å². The van der Waals surface area contributed by atoms with E-state index < -0.39 is 0 Å². The summed E-state index contributed by atoms with van der Waals surface area (Å²) in [5.74, 6) is 8.25. The van der Waals surface area contributed by atoms with Crippen molar-refractivity contribution in [3.63, 3.8) is 0 Å². The number of anilines is 1. The highest BCUT2D eigenvalue weighted by atomic mass is 16.6. The fourth-order valence-electron chi connectivity index (χ4n) is 12.6. The molecule has 0 amide bonds. The van der Waals surface area contributed by atoms with Crippen LogP contribution in [0.25, 0.3) is 0 Å². The quantitative estimate of drug-likeness (QED) is 0.266. The minimum atomic E-state index is 0.240. The van der Waals surface area contributed by atoms with Crippen LogP contribution in [0.15, 0.2) is 61.3 Å². The number of rotatable bonds is 5. The highest BCUT2D eigenvalue weighted by Crippen LogP contribution is 2.61. The molecule has 0 radical (unpaired) electrons. The molecule has 6 saturated carbocycles. The lowest BCUT2D eigenvalue weighted by Gasteiger charge is -2.60. The number of hydrogen-bond acceptors (Lipinski definition) is 3. The van der Waals surface area contributed by atoms with E-state index in [2.05, 4.69) is 42.7 Å². The molecule has 0 bridgehead atoms. The van der Waals surface area contributed by atoms with Gasteiger partial charge in [0.1, 0.15) is 0 Å². The van der Waals surface area contributed by atoms with Crippen LogP contribution in [-0.4, -0.2) is 24.4 Å². The molecule has 0 spiro atoms. The lowest BCUT2D eigenvalue weighted by atomic mass is 9.48. The molecule has 7 fully saturated rings. The second kappa shape index (κ2) is 13.3. The number of allylic oxidation sites excluding steroid dienone is 3. The van der Waals surface area contributed by atoms with Gasteiger partial charge in [0.2, 0.25) is 0 Å². The van der Waals surface area contributed by atoms with Crippen LogP contribution >= 0.6 is 0 Å². The maximum absolute atomic E-state index is 7.26. The summed E-state index contributed by atoms with van der Waals surface area (Å²) >= 11 is 0. The van der Waals surface area contributed by atoms with Gasteiger partial charge in [-0.3, -0.25) is 0 Å². The normalized spacial score (nSPS) is 44.4. The van der Waals surface area contributed by atoms with Crippen LogP contribution in [0.4, 0.5) is 5.69 Å². The molecule has 1 aromatic rings. The topological polar surface area (TPSA) is 30.5 Å². The standard InChI is InChI=1S/C42H59NO2/c1-3-4-12-27(2)43-30-14-11-13-28(23-30)29-21-22-39-40(24-29)45-42-26-38-36-20-10-8-18-34(36)32-16-6-5-15-31(32)33-17-7-9-19-35(33)37(38)25-41(42)44-39/h3-4,11-14,23,29,31-43H,1-2,5-10,15-22,24-26H2/b12-4-. The highest BCUT2D eigenvalue weighted by molar-refractivity contribution is 5.52. The summed E-state index contributed by atoms with van der Waals surface area (Å²) in [5.41, 5.74) is 3.42. The molecule has 45 heavy (non-hydrogen) atoms. The molecule has 3 heteroatoms. The van der Waals surface area contributed by atoms with Gasteiger partial charge in [-0.25, -0.2) is 0 Å². The second-order valence-corrected chi connectivity index (χ2v) is 16.4. The maximum atomic E-state index is 7.26. The van der Waals surface area contributed by atoms with Crippen LogP contribution in [0.5, 0.6) is 0 Å². The number of fused-ring (bicyclic) bond motifs is 10. The van der Waals surface area contributed by atoms with Gasteiger partial charge >= 0.3 is 0 Å². The molecular weight excluding hydrogens is 550 g/mol. The van der Waals surface area contributed by atoms with Crippen LogP contribution < -0.4 is 5.32 Å². The molecular formula is C42H59NO2. The number of benzene rings is 1. The van der Waals surface area contributed by atoms with Crippen molar-refractivity contribution >= 4 is 5.69 Å². The zero-order valence-electron chi connectivity index (χ0n) is 27.8. The first kappa shape index (κ1) is 30.5. The molecule has 1 aromatic carbocycles. The monoisotopic (exact) mass is 609 g/mol. The van der Waals surface area contributed by atoms with E-state index in [0.717, 1.165) is 71.6 Å². The molecule has 1 N–H and O–H groups in total. The van der Waals surface area contributed by atoms with E-state index >= 15 is 0 Å². The Morgan fingerprint density at radius 1 is 0.622 bits per heavy atom. The summed E-state index contributed by atoms with van der Waals surface area (Å²) in [6.45, 7) is 7.92. The lowest BCUT2D eigenvalue weighted by molar-refractivity contribution is -0.261. The SMILES string of the molecule is C=C/C=C\C(=C)Nc1cccc(C2CCC3OC4CC5C6CCCCC6C6CCCCC6C6CCCCC6C5CC4OC3C2)c1. The predicted molar refractivity (Wildman–Crippen MR) is 185 cm³/mol. The summed E-state index contributed by atoms with van der Waals surface area (Å²) in [6, 6.07) is 8.97. The third kappa shape index (κ3) is 6.03. The average Bonchev–Trinajstić information content (AvgIpc) is 3.08. The Kier molecular flexibility index (Phi) is 9.04. The van der Waals surface area contributed by atoms with Crippen molar-refractivity contribution < 1.29 is 9.47 Å². The van der Waals surface area contributed by atoms with E-state index in [1.807, 2.05) is 12.2 Å². The third-order valence-electron chi connectivity index (χ3n) is 14.3. The van der Waals surface area contributed by atoms with Gasteiger partial charge in [0, 0.05) is 11.4 Å². The fraction of sp³-hybridized carbons (Fsp3) is 0.714. The fourth-order valence-corrected chi connectivity index (χ4v) is 12.6. The van der Waals surface area contributed by atoms with Gasteiger partial charge in [-0.1, -0.05) is 76.0 Å². The van der Waals surface area contributed by atoms with Crippen LogP contribution in [0.2, 0.25) is 0 Å². The van der Waals surface area contributed by atoms with Crippen molar-refractivity contribution in [3.8, 4) is 0 Å². The Morgan fingerprint density at radius 2 is 1.13 bits per heavy atom. The maximum Gasteiger partial charge on any atom is 0.0847 e. The Labute approximate surface area is 273 Å². The van der Waals surface area contributed by atoms with E-state index in [9.17, 15) is 0 Å². The van der Waals surface area contributed by atoms with E-state index in [4.69, 9.17) is 9.47 Å². The third-order valence-corrected chi connectivity index (χ3v) is 14.3. The smallest absolute Gasteiger partial charge is 0.0847 e. The van der Waals surface area contributed by atoms with Crippen LogP contribution in [0.1, 0.15) is 121 Å². The van der Waals surface area contributed by atoms with E-state index in [0.29, 0.717) is 18.1 Å². The molecule has 244 valence electrons. The largest absolute Gasteiger partial charge is 0.370 e. The van der Waals surface area contributed by atoms with Gasteiger partial charge in [0.15, 0.2) is 0 Å². The Bertz CT molecular complexity index is 1240. The van der Waals surface area contributed by atoms with Gasteiger partial charge in [-0.05, 0) is 148 Å². The van der Waals surface area contributed by atoms with Gasteiger partial charge in [0.05, 0.1) is 24.4 Å². The summed E-state index contributed by atoms with van der Waals surface area (Å²) in [5, 5.41) is 3.46. The second-order valence-electron chi connectivity index (χ2n) is 16.4. The zero-order valence-corrected chi connectivity index (χ0v) is 27.8. The number of hydrogen-bond donors (Lipinski definition) is 1. The molecule has 1 aliphatic heterocycles. The first-order chi connectivity index (χ1) is 22.2. The Morgan fingerprint density at radius 3 is 1.69 bits per heavy atom. The van der Waals surface area contributed by atoms with Crippen molar-refractivity contribution in [1.29, 1.82) is 0 Å². The van der Waals surface area contributed by atoms with Gasteiger partial charge in [0.25, 0.3) is 0 Å². The molecule has 3 nitrogen and oxygen atoms in total. The average molecular weight is 610 g/mol.